The highest BCUT2D eigenvalue weighted by atomic mass is 16.3. The molecule has 3 nitrogen and oxygen atoms in total. The zero-order valence-corrected chi connectivity index (χ0v) is 11.4. The van der Waals surface area contributed by atoms with Gasteiger partial charge in [-0.05, 0) is 31.4 Å². The van der Waals surface area contributed by atoms with Crippen LogP contribution >= 0.6 is 0 Å². The molecule has 3 aromatic rings. The molecule has 20 heavy (non-hydrogen) atoms. The van der Waals surface area contributed by atoms with Crippen molar-refractivity contribution in [3.63, 3.8) is 0 Å². The first kappa shape index (κ1) is 11.5. The van der Waals surface area contributed by atoms with Crippen molar-refractivity contribution in [2.75, 3.05) is 0 Å². The first-order valence-corrected chi connectivity index (χ1v) is 6.94. The van der Waals surface area contributed by atoms with Crippen molar-refractivity contribution in [3.05, 3.63) is 55.3 Å². The second kappa shape index (κ2) is 4.10. The van der Waals surface area contributed by atoms with E-state index in [4.69, 9.17) is 4.42 Å². The van der Waals surface area contributed by atoms with Gasteiger partial charge in [0.25, 0.3) is 0 Å². The zero-order chi connectivity index (χ0) is 13.6. The standard InChI is InChI=1S/C17H16N2O/c1-17(8-9-17)19-10-7-14(13-5-3-2-4-6-13)16(19)15-11-20-12-18-15/h2-7,10-12H,8-9H2,1H3. The fourth-order valence-electron chi connectivity index (χ4n) is 2.75. The van der Waals surface area contributed by atoms with Gasteiger partial charge in [0.2, 0.25) is 0 Å². The van der Waals surface area contributed by atoms with Crippen molar-refractivity contribution in [2.24, 2.45) is 0 Å². The van der Waals surface area contributed by atoms with E-state index in [-0.39, 0.29) is 5.54 Å². The van der Waals surface area contributed by atoms with Crippen molar-refractivity contribution in [2.45, 2.75) is 25.3 Å². The summed E-state index contributed by atoms with van der Waals surface area (Å²) in [7, 11) is 0. The summed E-state index contributed by atoms with van der Waals surface area (Å²) in [6.07, 6.45) is 7.85. The Morgan fingerprint density at radius 3 is 2.60 bits per heavy atom. The average molecular weight is 264 g/mol. The molecule has 0 atom stereocenters. The minimum absolute atomic E-state index is 0.237. The van der Waals surface area contributed by atoms with E-state index in [0.717, 1.165) is 11.4 Å². The third-order valence-corrected chi connectivity index (χ3v) is 4.20. The van der Waals surface area contributed by atoms with Gasteiger partial charge in [-0.25, -0.2) is 4.98 Å². The Bertz CT molecular complexity index is 722. The molecule has 0 aliphatic heterocycles. The van der Waals surface area contributed by atoms with E-state index in [1.165, 1.54) is 30.4 Å². The summed E-state index contributed by atoms with van der Waals surface area (Å²) in [5, 5.41) is 0. The highest BCUT2D eigenvalue weighted by Gasteiger charge is 2.41. The van der Waals surface area contributed by atoms with Gasteiger partial charge in [0.05, 0.1) is 5.69 Å². The van der Waals surface area contributed by atoms with Crippen LogP contribution in [0.3, 0.4) is 0 Å². The molecule has 1 aromatic carbocycles. The number of rotatable bonds is 3. The molecule has 0 unspecified atom stereocenters. The molecule has 1 aliphatic carbocycles. The van der Waals surface area contributed by atoms with Gasteiger partial charge in [-0.2, -0.15) is 0 Å². The number of nitrogens with zero attached hydrogens (tertiary/aromatic N) is 2. The van der Waals surface area contributed by atoms with Crippen LogP contribution in [0.2, 0.25) is 0 Å². The van der Waals surface area contributed by atoms with Gasteiger partial charge >= 0.3 is 0 Å². The van der Waals surface area contributed by atoms with Crippen LogP contribution in [-0.4, -0.2) is 9.55 Å². The molecule has 1 fully saturated rings. The lowest BCUT2D eigenvalue weighted by Crippen LogP contribution is -2.12. The summed E-state index contributed by atoms with van der Waals surface area (Å²) < 4.78 is 7.55. The van der Waals surface area contributed by atoms with E-state index < -0.39 is 0 Å². The maximum Gasteiger partial charge on any atom is 0.181 e. The Labute approximate surface area is 117 Å². The van der Waals surface area contributed by atoms with E-state index in [1.54, 1.807) is 6.26 Å². The molecule has 4 rings (SSSR count). The van der Waals surface area contributed by atoms with Crippen LogP contribution in [0.4, 0.5) is 0 Å². The van der Waals surface area contributed by atoms with Crippen LogP contribution in [0.25, 0.3) is 22.5 Å². The Balaban J connectivity index is 1.94. The Morgan fingerprint density at radius 2 is 1.95 bits per heavy atom. The highest BCUT2D eigenvalue weighted by molar-refractivity contribution is 5.80. The SMILES string of the molecule is CC1(n2ccc(-c3ccccc3)c2-c2cocn2)CC1. The Hall–Kier alpha value is -2.29. The largest absolute Gasteiger partial charge is 0.451 e. The highest BCUT2D eigenvalue weighted by Crippen LogP contribution is 2.47. The smallest absolute Gasteiger partial charge is 0.181 e. The molecular formula is C17H16N2O. The van der Waals surface area contributed by atoms with Gasteiger partial charge in [0, 0.05) is 17.3 Å². The van der Waals surface area contributed by atoms with E-state index in [2.05, 4.69) is 53.0 Å². The van der Waals surface area contributed by atoms with Crippen LogP contribution in [0.1, 0.15) is 19.8 Å². The van der Waals surface area contributed by atoms with Crippen molar-refractivity contribution in [1.82, 2.24) is 9.55 Å². The van der Waals surface area contributed by atoms with Crippen LogP contribution in [0, 0.1) is 0 Å². The lowest BCUT2D eigenvalue weighted by Gasteiger charge is -2.16. The molecule has 2 aromatic heterocycles. The maximum absolute atomic E-state index is 5.19. The fraction of sp³-hybridized carbons (Fsp3) is 0.235. The molecule has 1 aliphatic rings. The number of benzene rings is 1. The van der Waals surface area contributed by atoms with Crippen molar-refractivity contribution < 1.29 is 4.42 Å². The van der Waals surface area contributed by atoms with Crippen molar-refractivity contribution in [3.8, 4) is 22.5 Å². The first-order valence-electron chi connectivity index (χ1n) is 6.94. The minimum atomic E-state index is 0.237. The summed E-state index contributed by atoms with van der Waals surface area (Å²) in [5.41, 5.74) is 4.73. The molecule has 0 saturated heterocycles. The predicted octanol–water partition coefficient (Wildman–Crippen LogP) is 4.32. The maximum atomic E-state index is 5.19. The summed E-state index contributed by atoms with van der Waals surface area (Å²) in [6, 6.07) is 12.6. The number of hydrogen-bond donors (Lipinski definition) is 0. The molecule has 0 spiro atoms. The first-order chi connectivity index (χ1) is 9.78. The lowest BCUT2D eigenvalue weighted by atomic mass is 10.0. The minimum Gasteiger partial charge on any atom is -0.451 e. The van der Waals surface area contributed by atoms with Crippen LogP contribution in [0.5, 0.6) is 0 Å². The van der Waals surface area contributed by atoms with Gasteiger partial charge < -0.3 is 8.98 Å². The molecule has 0 N–H and O–H groups in total. The molecule has 1 saturated carbocycles. The fourth-order valence-corrected chi connectivity index (χ4v) is 2.75. The van der Waals surface area contributed by atoms with E-state index in [0.29, 0.717) is 0 Å². The molecule has 3 heteroatoms. The van der Waals surface area contributed by atoms with E-state index >= 15 is 0 Å². The molecule has 0 bridgehead atoms. The third kappa shape index (κ3) is 1.70. The van der Waals surface area contributed by atoms with Gasteiger partial charge in [-0.15, -0.1) is 0 Å². The van der Waals surface area contributed by atoms with E-state index in [9.17, 15) is 0 Å². The second-order valence-corrected chi connectivity index (χ2v) is 5.68. The number of aromatic nitrogens is 2. The lowest BCUT2D eigenvalue weighted by molar-refractivity contribution is 0.539. The average Bonchev–Trinajstić information content (AvgIpc) is 2.95. The third-order valence-electron chi connectivity index (χ3n) is 4.20. The molecular weight excluding hydrogens is 248 g/mol. The quantitative estimate of drug-likeness (QED) is 0.705. The molecule has 0 radical (unpaired) electrons. The summed E-state index contributed by atoms with van der Waals surface area (Å²) >= 11 is 0. The Kier molecular flexibility index (Phi) is 2.36. The van der Waals surface area contributed by atoms with Gasteiger partial charge in [0.15, 0.2) is 6.39 Å². The summed E-state index contributed by atoms with van der Waals surface area (Å²) in [5.74, 6) is 0. The zero-order valence-electron chi connectivity index (χ0n) is 11.4. The van der Waals surface area contributed by atoms with Crippen molar-refractivity contribution >= 4 is 0 Å². The van der Waals surface area contributed by atoms with Crippen LogP contribution < -0.4 is 0 Å². The topological polar surface area (TPSA) is 31.0 Å². The molecule has 2 heterocycles. The number of oxazole rings is 1. The van der Waals surface area contributed by atoms with Crippen molar-refractivity contribution in [1.29, 1.82) is 0 Å². The van der Waals surface area contributed by atoms with Gasteiger partial charge in [0.1, 0.15) is 12.0 Å². The number of hydrogen-bond acceptors (Lipinski definition) is 2. The van der Waals surface area contributed by atoms with E-state index in [1.807, 2.05) is 6.07 Å². The Morgan fingerprint density at radius 1 is 1.15 bits per heavy atom. The summed E-state index contributed by atoms with van der Waals surface area (Å²) in [6.45, 7) is 2.30. The normalized spacial score (nSPS) is 16.2. The molecule has 0 amide bonds. The van der Waals surface area contributed by atoms with Gasteiger partial charge in [-0.1, -0.05) is 30.3 Å². The molecule has 100 valence electrons. The monoisotopic (exact) mass is 264 g/mol. The van der Waals surface area contributed by atoms with Gasteiger partial charge in [-0.3, -0.25) is 0 Å². The van der Waals surface area contributed by atoms with Crippen LogP contribution in [-0.2, 0) is 5.54 Å². The second-order valence-electron chi connectivity index (χ2n) is 5.68. The predicted molar refractivity (Wildman–Crippen MR) is 78.2 cm³/mol. The van der Waals surface area contributed by atoms with Crippen LogP contribution in [0.15, 0.2) is 59.7 Å². The summed E-state index contributed by atoms with van der Waals surface area (Å²) in [4.78, 5) is 4.36.